The number of benzene rings is 1. The first-order valence-electron chi connectivity index (χ1n) is 8.27. The standard InChI is InChI=1S/C18H20N4O4/c1-10-8-13-6-4-5-7-14(13)22(10)18(26)17(25)19-16-11(2)20-21(12(16)3)9-15(23)24/h4-7,10H,8-9H2,1-3H3,(H,19,25)(H,23,24)/t10-/m0/s1. The second kappa shape index (κ2) is 6.62. The Morgan fingerprint density at radius 1 is 1.27 bits per heavy atom. The molecule has 0 radical (unpaired) electrons. The molecule has 2 aromatic rings. The molecular formula is C18H20N4O4. The predicted molar refractivity (Wildman–Crippen MR) is 95.1 cm³/mol. The minimum absolute atomic E-state index is 0.109. The number of hydrogen-bond acceptors (Lipinski definition) is 4. The van der Waals surface area contributed by atoms with Crippen LogP contribution in [0.2, 0.25) is 0 Å². The summed E-state index contributed by atoms with van der Waals surface area (Å²) in [5, 5.41) is 15.6. The number of anilines is 2. The van der Waals surface area contributed by atoms with Crippen LogP contribution in [0.3, 0.4) is 0 Å². The Morgan fingerprint density at radius 2 is 1.96 bits per heavy atom. The van der Waals surface area contributed by atoms with Crippen molar-refractivity contribution in [2.24, 2.45) is 0 Å². The molecule has 0 saturated heterocycles. The molecule has 3 rings (SSSR count). The molecule has 2 heterocycles. The van der Waals surface area contributed by atoms with Crippen molar-refractivity contribution in [3.8, 4) is 0 Å². The minimum Gasteiger partial charge on any atom is -0.480 e. The van der Waals surface area contributed by atoms with Crippen molar-refractivity contribution in [2.45, 2.75) is 39.8 Å². The van der Waals surface area contributed by atoms with Gasteiger partial charge >= 0.3 is 17.8 Å². The lowest BCUT2D eigenvalue weighted by atomic mass is 10.1. The van der Waals surface area contributed by atoms with Crippen LogP contribution < -0.4 is 10.2 Å². The molecule has 0 spiro atoms. The lowest BCUT2D eigenvalue weighted by Crippen LogP contribution is -2.43. The fourth-order valence-corrected chi connectivity index (χ4v) is 3.31. The average Bonchev–Trinajstić information content (AvgIpc) is 3.04. The first-order valence-corrected chi connectivity index (χ1v) is 8.27. The SMILES string of the molecule is Cc1nn(CC(=O)O)c(C)c1NC(=O)C(=O)N1c2ccccc2C[C@@H]1C. The van der Waals surface area contributed by atoms with E-state index >= 15 is 0 Å². The molecular weight excluding hydrogens is 336 g/mol. The van der Waals surface area contributed by atoms with Gasteiger partial charge in [-0.3, -0.25) is 19.1 Å². The number of fused-ring (bicyclic) bond motifs is 1. The molecule has 2 amide bonds. The van der Waals surface area contributed by atoms with Crippen LogP contribution in [0.15, 0.2) is 24.3 Å². The van der Waals surface area contributed by atoms with Crippen LogP contribution in [0, 0.1) is 13.8 Å². The van der Waals surface area contributed by atoms with Gasteiger partial charge < -0.3 is 15.3 Å². The summed E-state index contributed by atoms with van der Waals surface area (Å²) in [5.41, 5.74) is 3.09. The molecule has 26 heavy (non-hydrogen) atoms. The van der Waals surface area contributed by atoms with Crippen molar-refractivity contribution in [3.05, 3.63) is 41.2 Å². The van der Waals surface area contributed by atoms with Gasteiger partial charge in [-0.1, -0.05) is 18.2 Å². The third kappa shape index (κ3) is 3.05. The van der Waals surface area contributed by atoms with Gasteiger partial charge in [0.05, 0.1) is 17.1 Å². The number of carbonyl (C=O) groups excluding carboxylic acids is 2. The molecule has 8 heteroatoms. The van der Waals surface area contributed by atoms with E-state index in [4.69, 9.17) is 5.11 Å². The Kier molecular flexibility index (Phi) is 4.50. The summed E-state index contributed by atoms with van der Waals surface area (Å²) in [4.78, 5) is 37.6. The molecule has 0 aliphatic carbocycles. The summed E-state index contributed by atoms with van der Waals surface area (Å²) >= 11 is 0. The van der Waals surface area contributed by atoms with E-state index < -0.39 is 17.8 Å². The highest BCUT2D eigenvalue weighted by Gasteiger charge is 2.34. The first-order chi connectivity index (χ1) is 12.3. The fraction of sp³-hybridized carbons (Fsp3) is 0.333. The zero-order valence-corrected chi connectivity index (χ0v) is 14.8. The number of para-hydroxylation sites is 1. The summed E-state index contributed by atoms with van der Waals surface area (Å²) < 4.78 is 1.28. The van der Waals surface area contributed by atoms with Crippen LogP contribution in [-0.4, -0.2) is 38.7 Å². The molecule has 2 N–H and O–H groups in total. The number of hydrogen-bond donors (Lipinski definition) is 2. The maximum atomic E-state index is 12.7. The van der Waals surface area contributed by atoms with Crippen LogP contribution in [0.1, 0.15) is 23.9 Å². The third-order valence-electron chi connectivity index (χ3n) is 4.53. The quantitative estimate of drug-likeness (QED) is 0.811. The van der Waals surface area contributed by atoms with Gasteiger partial charge in [-0.15, -0.1) is 0 Å². The third-order valence-corrected chi connectivity index (χ3v) is 4.53. The van der Waals surface area contributed by atoms with Gasteiger partial charge in [-0.25, -0.2) is 0 Å². The second-order valence-electron chi connectivity index (χ2n) is 6.41. The van der Waals surface area contributed by atoms with Crippen molar-refractivity contribution >= 4 is 29.2 Å². The van der Waals surface area contributed by atoms with E-state index in [1.165, 1.54) is 9.58 Å². The number of amides is 2. The van der Waals surface area contributed by atoms with Gasteiger partial charge in [-0.05, 0) is 38.8 Å². The number of carboxylic acids is 1. The Morgan fingerprint density at radius 3 is 2.65 bits per heavy atom. The highest BCUT2D eigenvalue weighted by Crippen LogP contribution is 2.32. The summed E-state index contributed by atoms with van der Waals surface area (Å²) in [6.07, 6.45) is 0.698. The molecule has 8 nitrogen and oxygen atoms in total. The molecule has 0 bridgehead atoms. The van der Waals surface area contributed by atoms with Crippen LogP contribution in [-0.2, 0) is 27.3 Å². The van der Waals surface area contributed by atoms with Crippen LogP contribution in [0.5, 0.6) is 0 Å². The lowest BCUT2D eigenvalue weighted by Gasteiger charge is -2.22. The smallest absolute Gasteiger partial charge is 0.325 e. The summed E-state index contributed by atoms with van der Waals surface area (Å²) in [6.45, 7) is 4.88. The number of carbonyl (C=O) groups is 3. The minimum atomic E-state index is -1.04. The van der Waals surface area contributed by atoms with E-state index in [9.17, 15) is 14.4 Å². The Hall–Kier alpha value is -3.16. The maximum Gasteiger partial charge on any atom is 0.325 e. The summed E-state index contributed by atoms with van der Waals surface area (Å²) in [5.74, 6) is -2.45. The van der Waals surface area contributed by atoms with Crippen LogP contribution in [0.25, 0.3) is 0 Å². The molecule has 0 unspecified atom stereocenters. The Labute approximate surface area is 150 Å². The first kappa shape index (κ1) is 17.7. The van der Waals surface area contributed by atoms with Crippen molar-refractivity contribution in [3.63, 3.8) is 0 Å². The van der Waals surface area contributed by atoms with E-state index in [1.54, 1.807) is 13.8 Å². The van der Waals surface area contributed by atoms with Gasteiger partial charge in [0.1, 0.15) is 6.54 Å². The number of rotatable bonds is 3. The number of aliphatic carboxylic acids is 1. The van der Waals surface area contributed by atoms with E-state index in [1.807, 2.05) is 31.2 Å². The lowest BCUT2D eigenvalue weighted by molar-refractivity contribution is -0.137. The van der Waals surface area contributed by atoms with Gasteiger partial charge in [0.15, 0.2) is 0 Å². The second-order valence-corrected chi connectivity index (χ2v) is 6.41. The number of nitrogens with one attached hydrogen (secondary N) is 1. The molecule has 0 fully saturated rings. The van der Waals surface area contributed by atoms with E-state index in [2.05, 4.69) is 10.4 Å². The van der Waals surface area contributed by atoms with Crippen molar-refractivity contribution in [1.82, 2.24) is 9.78 Å². The molecule has 1 aromatic carbocycles. The number of nitrogens with zero attached hydrogens (tertiary/aromatic N) is 3. The molecule has 1 atom stereocenters. The summed E-state index contributed by atoms with van der Waals surface area (Å²) in [7, 11) is 0. The predicted octanol–water partition coefficient (Wildman–Crippen LogP) is 1.50. The van der Waals surface area contributed by atoms with Crippen molar-refractivity contribution < 1.29 is 19.5 Å². The van der Waals surface area contributed by atoms with Crippen molar-refractivity contribution in [2.75, 3.05) is 10.2 Å². The highest BCUT2D eigenvalue weighted by atomic mass is 16.4. The molecule has 0 saturated carbocycles. The van der Waals surface area contributed by atoms with Gasteiger partial charge in [0, 0.05) is 11.7 Å². The van der Waals surface area contributed by atoms with Gasteiger partial charge in [0.25, 0.3) is 0 Å². The number of carboxylic acid groups (broad SMARTS) is 1. The van der Waals surface area contributed by atoms with Crippen LogP contribution in [0.4, 0.5) is 11.4 Å². The fourth-order valence-electron chi connectivity index (χ4n) is 3.31. The molecule has 136 valence electrons. The largest absolute Gasteiger partial charge is 0.480 e. The van der Waals surface area contributed by atoms with Gasteiger partial charge in [0.2, 0.25) is 0 Å². The van der Waals surface area contributed by atoms with Gasteiger partial charge in [-0.2, -0.15) is 5.10 Å². The molecule has 1 aliphatic rings. The molecule has 1 aromatic heterocycles. The van der Waals surface area contributed by atoms with E-state index in [-0.39, 0.29) is 12.6 Å². The zero-order valence-electron chi connectivity index (χ0n) is 14.8. The van der Waals surface area contributed by atoms with E-state index in [0.29, 0.717) is 23.5 Å². The Balaban J connectivity index is 1.82. The monoisotopic (exact) mass is 356 g/mol. The Bertz CT molecular complexity index is 903. The van der Waals surface area contributed by atoms with Crippen LogP contribution >= 0.6 is 0 Å². The normalized spacial score (nSPS) is 15.7. The number of aryl methyl sites for hydroxylation is 1. The summed E-state index contributed by atoms with van der Waals surface area (Å²) in [6, 6.07) is 7.40. The van der Waals surface area contributed by atoms with Crippen molar-refractivity contribution in [1.29, 1.82) is 0 Å². The average molecular weight is 356 g/mol. The topological polar surface area (TPSA) is 105 Å². The van der Waals surface area contributed by atoms with E-state index in [0.717, 1.165) is 11.3 Å². The highest BCUT2D eigenvalue weighted by molar-refractivity contribution is 6.44. The zero-order chi connectivity index (χ0) is 19.0. The molecule has 1 aliphatic heterocycles. The number of aromatic nitrogens is 2. The maximum absolute atomic E-state index is 12.7.